The summed E-state index contributed by atoms with van der Waals surface area (Å²) in [6.45, 7) is 14.9. The van der Waals surface area contributed by atoms with E-state index in [9.17, 15) is 0 Å². The van der Waals surface area contributed by atoms with Gasteiger partial charge in [-0.1, -0.05) is 20.8 Å². The first-order valence-corrected chi connectivity index (χ1v) is 8.24. The summed E-state index contributed by atoms with van der Waals surface area (Å²) in [5.41, 5.74) is 2.79. The van der Waals surface area contributed by atoms with Crippen LogP contribution in [0.4, 0.5) is 0 Å². The highest BCUT2D eigenvalue weighted by Crippen LogP contribution is 2.26. The summed E-state index contributed by atoms with van der Waals surface area (Å²) in [4.78, 5) is 5.25. The molecule has 126 valence electrons. The van der Waals surface area contributed by atoms with Gasteiger partial charge < -0.3 is 5.32 Å². The Kier molecular flexibility index (Phi) is 5.88. The molecule has 0 amide bonds. The van der Waals surface area contributed by atoms with Gasteiger partial charge in [0, 0.05) is 68.5 Å². The Morgan fingerprint density at radius 1 is 1.23 bits per heavy atom. The summed E-state index contributed by atoms with van der Waals surface area (Å²) in [5.74, 6) is 0. The molecule has 2 aliphatic heterocycles. The third kappa shape index (κ3) is 4.02. The largest absolute Gasteiger partial charge is 0.314 e. The van der Waals surface area contributed by atoms with Gasteiger partial charge in [0.2, 0.25) is 0 Å². The van der Waals surface area contributed by atoms with E-state index in [0.29, 0.717) is 0 Å². The summed E-state index contributed by atoms with van der Waals surface area (Å²) in [6.07, 6.45) is 3.32. The third-order valence-corrected chi connectivity index (χ3v) is 4.78. The number of nitrogens with zero attached hydrogens (tertiary/aromatic N) is 3. The summed E-state index contributed by atoms with van der Waals surface area (Å²) in [5, 5.41) is 10.9. The van der Waals surface area contributed by atoms with Crippen LogP contribution in [0.1, 0.15) is 38.4 Å². The Morgan fingerprint density at radius 3 is 2.64 bits per heavy atom. The zero-order valence-electron chi connectivity index (χ0n) is 14.1. The lowest BCUT2D eigenvalue weighted by Gasteiger charge is -2.32. The number of hydrogen-bond donors (Lipinski definition) is 2. The Bertz CT molecular complexity index is 461. The molecule has 0 saturated carbocycles. The number of H-pyrrole nitrogens is 1. The molecule has 1 aromatic rings. The normalized spacial score (nSPS) is 24.4. The molecule has 5 nitrogen and oxygen atoms in total. The number of likely N-dealkylation sites (tertiary alicyclic amines) is 1. The van der Waals surface area contributed by atoms with Crippen molar-refractivity contribution in [1.82, 2.24) is 25.3 Å². The lowest BCUT2D eigenvalue weighted by atomic mass is 9.89. The van der Waals surface area contributed by atoms with Crippen LogP contribution in [0.3, 0.4) is 0 Å². The number of piperazine rings is 1. The molecule has 2 fully saturated rings. The predicted octanol–water partition coefficient (Wildman–Crippen LogP) is 1.61. The second kappa shape index (κ2) is 7.30. The second-order valence-electron chi connectivity index (χ2n) is 7.48. The van der Waals surface area contributed by atoms with Gasteiger partial charge in [-0.05, 0) is 6.42 Å². The van der Waals surface area contributed by atoms with Crippen LogP contribution in [0.25, 0.3) is 0 Å². The first kappa shape index (κ1) is 17.7. The summed E-state index contributed by atoms with van der Waals surface area (Å²) < 4.78 is 0. The highest BCUT2D eigenvalue weighted by Gasteiger charge is 2.29. The van der Waals surface area contributed by atoms with Gasteiger partial charge in [-0.3, -0.25) is 14.9 Å². The van der Waals surface area contributed by atoms with E-state index < -0.39 is 0 Å². The number of aromatic amines is 1. The number of hydrogen-bond acceptors (Lipinski definition) is 4. The molecule has 0 aromatic carbocycles. The average Bonchev–Trinajstić information content (AvgIpc) is 3.09. The number of halogens is 1. The van der Waals surface area contributed by atoms with E-state index in [2.05, 4.69) is 46.1 Å². The highest BCUT2D eigenvalue weighted by atomic mass is 35.5. The molecule has 3 rings (SSSR count). The third-order valence-electron chi connectivity index (χ3n) is 4.78. The molecule has 22 heavy (non-hydrogen) atoms. The van der Waals surface area contributed by atoms with Crippen molar-refractivity contribution < 1.29 is 0 Å². The molecule has 3 heterocycles. The van der Waals surface area contributed by atoms with E-state index in [1.807, 2.05) is 6.20 Å². The molecule has 1 unspecified atom stereocenters. The van der Waals surface area contributed by atoms with Crippen molar-refractivity contribution in [1.29, 1.82) is 0 Å². The van der Waals surface area contributed by atoms with Gasteiger partial charge in [0.1, 0.15) is 0 Å². The van der Waals surface area contributed by atoms with Gasteiger partial charge in [-0.15, -0.1) is 12.4 Å². The van der Waals surface area contributed by atoms with Crippen LogP contribution >= 0.6 is 12.4 Å². The fourth-order valence-electron chi connectivity index (χ4n) is 3.62. The van der Waals surface area contributed by atoms with Gasteiger partial charge in [0.15, 0.2) is 0 Å². The molecule has 1 aromatic heterocycles. The molecular formula is C16H30ClN5. The van der Waals surface area contributed by atoms with Crippen molar-refractivity contribution in [2.75, 3.05) is 39.3 Å². The fraction of sp³-hybridized carbons (Fsp3) is 0.812. The molecule has 0 radical (unpaired) electrons. The number of nitrogens with one attached hydrogen (secondary N) is 2. The van der Waals surface area contributed by atoms with Crippen molar-refractivity contribution >= 4 is 12.4 Å². The minimum atomic E-state index is 0. The van der Waals surface area contributed by atoms with Gasteiger partial charge in [-0.25, -0.2) is 0 Å². The maximum atomic E-state index is 4.27. The SMILES string of the molecule is CC(C)(C)c1[nH]ncc1CN1CCC(N2CCNCC2)C1.Cl. The van der Waals surface area contributed by atoms with Crippen molar-refractivity contribution in [2.45, 2.75) is 45.2 Å². The molecule has 0 bridgehead atoms. The first-order chi connectivity index (χ1) is 10.0. The van der Waals surface area contributed by atoms with Crippen LogP contribution in [-0.2, 0) is 12.0 Å². The standard InChI is InChI=1S/C16H29N5.ClH/c1-16(2,3)15-13(10-18-19-15)11-20-7-4-14(12-20)21-8-5-17-6-9-21;/h10,14,17H,4-9,11-12H2,1-3H3,(H,18,19);1H. The van der Waals surface area contributed by atoms with E-state index in [1.54, 1.807) is 0 Å². The van der Waals surface area contributed by atoms with Crippen LogP contribution in [0, 0.1) is 0 Å². The molecule has 2 aliphatic rings. The lowest BCUT2D eigenvalue weighted by Crippen LogP contribution is -2.49. The van der Waals surface area contributed by atoms with Gasteiger partial charge >= 0.3 is 0 Å². The van der Waals surface area contributed by atoms with E-state index in [1.165, 1.54) is 43.9 Å². The Hall–Kier alpha value is -0.620. The van der Waals surface area contributed by atoms with Crippen LogP contribution in [-0.4, -0.2) is 65.3 Å². The zero-order valence-corrected chi connectivity index (χ0v) is 14.9. The Balaban J connectivity index is 0.00000176. The topological polar surface area (TPSA) is 47.2 Å². The zero-order chi connectivity index (χ0) is 14.9. The van der Waals surface area contributed by atoms with Gasteiger partial charge in [0.05, 0.1) is 6.20 Å². The Labute approximate surface area is 140 Å². The lowest BCUT2D eigenvalue weighted by molar-refractivity contribution is 0.170. The maximum absolute atomic E-state index is 4.27. The average molecular weight is 328 g/mol. The van der Waals surface area contributed by atoms with E-state index in [0.717, 1.165) is 25.7 Å². The van der Waals surface area contributed by atoms with Crippen LogP contribution in [0.2, 0.25) is 0 Å². The monoisotopic (exact) mass is 327 g/mol. The first-order valence-electron chi connectivity index (χ1n) is 8.24. The van der Waals surface area contributed by atoms with Crippen molar-refractivity contribution in [3.8, 4) is 0 Å². The molecule has 0 aliphatic carbocycles. The predicted molar refractivity (Wildman–Crippen MR) is 92.7 cm³/mol. The number of rotatable bonds is 3. The van der Waals surface area contributed by atoms with E-state index >= 15 is 0 Å². The van der Waals surface area contributed by atoms with Crippen LogP contribution in [0.15, 0.2) is 6.20 Å². The van der Waals surface area contributed by atoms with E-state index in [4.69, 9.17) is 0 Å². The van der Waals surface area contributed by atoms with E-state index in [-0.39, 0.29) is 17.8 Å². The van der Waals surface area contributed by atoms with Crippen LogP contribution in [0.5, 0.6) is 0 Å². The molecule has 2 N–H and O–H groups in total. The molecule has 1 atom stereocenters. The van der Waals surface area contributed by atoms with Gasteiger partial charge in [-0.2, -0.15) is 5.10 Å². The minimum absolute atomic E-state index is 0. The van der Waals surface area contributed by atoms with Gasteiger partial charge in [0.25, 0.3) is 0 Å². The summed E-state index contributed by atoms with van der Waals surface area (Å²) in [7, 11) is 0. The minimum Gasteiger partial charge on any atom is -0.314 e. The molecule has 0 spiro atoms. The quantitative estimate of drug-likeness (QED) is 0.885. The summed E-state index contributed by atoms with van der Waals surface area (Å²) in [6, 6.07) is 0.747. The summed E-state index contributed by atoms with van der Waals surface area (Å²) >= 11 is 0. The number of aromatic nitrogens is 2. The fourth-order valence-corrected chi connectivity index (χ4v) is 3.62. The van der Waals surface area contributed by atoms with Crippen molar-refractivity contribution in [2.24, 2.45) is 0 Å². The molecular weight excluding hydrogens is 298 g/mol. The maximum Gasteiger partial charge on any atom is 0.0535 e. The second-order valence-corrected chi connectivity index (χ2v) is 7.48. The molecule has 6 heteroatoms. The molecule has 2 saturated heterocycles. The van der Waals surface area contributed by atoms with Crippen molar-refractivity contribution in [3.63, 3.8) is 0 Å². The smallest absolute Gasteiger partial charge is 0.0535 e. The van der Waals surface area contributed by atoms with Crippen molar-refractivity contribution in [3.05, 3.63) is 17.5 Å². The highest BCUT2D eigenvalue weighted by molar-refractivity contribution is 5.85. The van der Waals surface area contributed by atoms with Crippen LogP contribution < -0.4 is 5.32 Å². The Morgan fingerprint density at radius 2 is 1.95 bits per heavy atom.